The molecule has 0 aliphatic carbocycles. The van der Waals surface area contributed by atoms with Gasteiger partial charge in [0.05, 0.1) is 0 Å². The molecular formula is C11H13Br2N. The Labute approximate surface area is 102 Å². The fourth-order valence-corrected chi connectivity index (χ4v) is 2.17. The molecule has 0 bridgehead atoms. The summed E-state index contributed by atoms with van der Waals surface area (Å²) in [6.07, 6.45) is 3.77. The minimum absolute atomic E-state index is 0.0693. The summed E-state index contributed by atoms with van der Waals surface area (Å²) >= 11 is 6.93. The van der Waals surface area contributed by atoms with E-state index < -0.39 is 0 Å². The van der Waals surface area contributed by atoms with Crippen LogP contribution in [-0.2, 0) is 0 Å². The predicted octanol–water partition coefficient (Wildman–Crippen LogP) is 4.18. The zero-order valence-electron chi connectivity index (χ0n) is 7.84. The highest BCUT2D eigenvalue weighted by Gasteiger charge is 2.09. The Morgan fingerprint density at radius 2 is 2.14 bits per heavy atom. The summed E-state index contributed by atoms with van der Waals surface area (Å²) in [7, 11) is 0. The van der Waals surface area contributed by atoms with Crippen LogP contribution in [0.3, 0.4) is 0 Å². The van der Waals surface area contributed by atoms with Crippen molar-refractivity contribution in [1.82, 2.24) is 0 Å². The minimum atomic E-state index is 0.0693. The topological polar surface area (TPSA) is 26.0 Å². The van der Waals surface area contributed by atoms with E-state index in [1.807, 2.05) is 18.2 Å². The lowest BCUT2D eigenvalue weighted by molar-refractivity contribution is 0.658. The van der Waals surface area contributed by atoms with E-state index in [1.54, 1.807) is 0 Å². The first kappa shape index (κ1) is 12.0. The average molecular weight is 319 g/mol. The Bertz CT molecular complexity index is 323. The van der Waals surface area contributed by atoms with Crippen molar-refractivity contribution in [1.29, 1.82) is 0 Å². The largest absolute Gasteiger partial charge is 0.324 e. The number of allylic oxidation sites excluding steroid dienone is 1. The van der Waals surface area contributed by atoms with Gasteiger partial charge in [0.15, 0.2) is 0 Å². The summed E-state index contributed by atoms with van der Waals surface area (Å²) in [6.45, 7) is 3.69. The Kier molecular flexibility index (Phi) is 4.85. The van der Waals surface area contributed by atoms with Gasteiger partial charge in [-0.2, -0.15) is 0 Å². The van der Waals surface area contributed by atoms with Crippen LogP contribution < -0.4 is 5.73 Å². The fourth-order valence-electron chi connectivity index (χ4n) is 1.25. The molecule has 76 valence electrons. The summed E-state index contributed by atoms with van der Waals surface area (Å²) < 4.78 is 2.13. The van der Waals surface area contributed by atoms with E-state index in [0.29, 0.717) is 0 Å². The first-order valence-electron chi connectivity index (χ1n) is 4.46. The first-order chi connectivity index (χ1) is 6.65. The highest BCUT2D eigenvalue weighted by molar-refractivity contribution is 9.11. The third kappa shape index (κ3) is 3.23. The van der Waals surface area contributed by atoms with Crippen molar-refractivity contribution >= 4 is 31.9 Å². The van der Waals surface area contributed by atoms with Gasteiger partial charge in [-0.15, -0.1) is 6.58 Å². The number of hydrogen-bond acceptors (Lipinski definition) is 1. The number of benzene rings is 1. The summed E-state index contributed by atoms with van der Waals surface area (Å²) in [5.41, 5.74) is 7.19. The van der Waals surface area contributed by atoms with Crippen LogP contribution >= 0.6 is 31.9 Å². The molecule has 0 aliphatic heterocycles. The molecule has 1 aromatic rings. The zero-order valence-corrected chi connectivity index (χ0v) is 11.0. The highest BCUT2D eigenvalue weighted by Crippen LogP contribution is 2.27. The number of halogens is 2. The normalized spacial score (nSPS) is 12.5. The average Bonchev–Trinajstić information content (AvgIpc) is 2.18. The smallest absolute Gasteiger partial charge is 0.0309 e. The molecule has 0 spiro atoms. The SMILES string of the molecule is C=CCC[C@@H](N)c1cc(Br)ccc1Br. The van der Waals surface area contributed by atoms with E-state index in [4.69, 9.17) is 5.73 Å². The Balaban J connectivity index is 2.82. The van der Waals surface area contributed by atoms with Gasteiger partial charge in [0.2, 0.25) is 0 Å². The third-order valence-corrected chi connectivity index (χ3v) is 3.25. The number of hydrogen-bond donors (Lipinski definition) is 1. The van der Waals surface area contributed by atoms with Gasteiger partial charge in [0.1, 0.15) is 0 Å². The monoisotopic (exact) mass is 317 g/mol. The van der Waals surface area contributed by atoms with Crippen LogP contribution in [-0.4, -0.2) is 0 Å². The Morgan fingerprint density at radius 3 is 2.79 bits per heavy atom. The van der Waals surface area contributed by atoms with Gasteiger partial charge in [-0.1, -0.05) is 37.9 Å². The quantitative estimate of drug-likeness (QED) is 0.828. The maximum atomic E-state index is 6.05. The van der Waals surface area contributed by atoms with Gasteiger partial charge in [0, 0.05) is 15.0 Å². The molecule has 0 heterocycles. The summed E-state index contributed by atoms with van der Waals surface area (Å²) in [5.74, 6) is 0. The van der Waals surface area contributed by atoms with E-state index in [-0.39, 0.29) is 6.04 Å². The summed E-state index contributed by atoms with van der Waals surface area (Å²) in [6, 6.07) is 6.12. The second kappa shape index (κ2) is 5.69. The van der Waals surface area contributed by atoms with Crippen LogP contribution in [0.15, 0.2) is 39.8 Å². The number of rotatable bonds is 4. The van der Waals surface area contributed by atoms with E-state index in [0.717, 1.165) is 27.4 Å². The molecule has 0 aromatic heterocycles. The second-order valence-electron chi connectivity index (χ2n) is 3.14. The highest BCUT2D eigenvalue weighted by atomic mass is 79.9. The summed E-state index contributed by atoms with van der Waals surface area (Å²) in [5, 5.41) is 0. The van der Waals surface area contributed by atoms with Crippen LogP contribution in [0.25, 0.3) is 0 Å². The van der Waals surface area contributed by atoms with Crippen molar-refractivity contribution in [3.05, 3.63) is 45.4 Å². The van der Waals surface area contributed by atoms with E-state index in [9.17, 15) is 0 Å². The molecule has 3 heteroatoms. The lowest BCUT2D eigenvalue weighted by Gasteiger charge is -2.13. The molecule has 0 aliphatic rings. The van der Waals surface area contributed by atoms with Crippen LogP contribution in [0.4, 0.5) is 0 Å². The molecule has 0 amide bonds. The molecule has 1 rings (SSSR count). The minimum Gasteiger partial charge on any atom is -0.324 e. The van der Waals surface area contributed by atoms with Crippen molar-refractivity contribution in [2.24, 2.45) is 5.73 Å². The molecule has 14 heavy (non-hydrogen) atoms. The van der Waals surface area contributed by atoms with Crippen LogP contribution in [0, 0.1) is 0 Å². The Morgan fingerprint density at radius 1 is 1.43 bits per heavy atom. The molecule has 1 nitrogen and oxygen atoms in total. The molecule has 2 N–H and O–H groups in total. The molecule has 1 aromatic carbocycles. The van der Waals surface area contributed by atoms with Gasteiger partial charge in [-0.3, -0.25) is 0 Å². The fraction of sp³-hybridized carbons (Fsp3) is 0.273. The van der Waals surface area contributed by atoms with Crippen molar-refractivity contribution in [3.8, 4) is 0 Å². The van der Waals surface area contributed by atoms with Crippen molar-refractivity contribution in [2.75, 3.05) is 0 Å². The van der Waals surface area contributed by atoms with Crippen LogP contribution in [0.5, 0.6) is 0 Å². The van der Waals surface area contributed by atoms with Crippen molar-refractivity contribution < 1.29 is 0 Å². The number of nitrogens with two attached hydrogens (primary N) is 1. The zero-order chi connectivity index (χ0) is 10.6. The molecule has 0 fully saturated rings. The maximum Gasteiger partial charge on any atom is 0.0309 e. The molecule has 0 radical (unpaired) electrons. The van der Waals surface area contributed by atoms with Crippen LogP contribution in [0.1, 0.15) is 24.4 Å². The standard InChI is InChI=1S/C11H13Br2N/c1-2-3-4-11(14)9-7-8(12)5-6-10(9)13/h2,5-7,11H,1,3-4,14H2/t11-/m1/s1. The maximum absolute atomic E-state index is 6.05. The predicted molar refractivity (Wildman–Crippen MR) is 68.2 cm³/mol. The van der Waals surface area contributed by atoms with E-state index in [2.05, 4.69) is 44.5 Å². The molecular weight excluding hydrogens is 306 g/mol. The molecule has 0 saturated carbocycles. The lowest BCUT2D eigenvalue weighted by atomic mass is 10.0. The molecule has 0 unspecified atom stereocenters. The third-order valence-electron chi connectivity index (χ3n) is 2.04. The van der Waals surface area contributed by atoms with E-state index >= 15 is 0 Å². The van der Waals surface area contributed by atoms with Gasteiger partial charge in [0.25, 0.3) is 0 Å². The Hall–Kier alpha value is -0.120. The summed E-state index contributed by atoms with van der Waals surface area (Å²) in [4.78, 5) is 0. The van der Waals surface area contributed by atoms with Crippen molar-refractivity contribution in [3.63, 3.8) is 0 Å². The van der Waals surface area contributed by atoms with Gasteiger partial charge >= 0.3 is 0 Å². The van der Waals surface area contributed by atoms with Gasteiger partial charge in [-0.25, -0.2) is 0 Å². The first-order valence-corrected chi connectivity index (χ1v) is 6.05. The molecule has 0 saturated heterocycles. The second-order valence-corrected chi connectivity index (χ2v) is 4.91. The lowest BCUT2D eigenvalue weighted by Crippen LogP contribution is -2.10. The van der Waals surface area contributed by atoms with Gasteiger partial charge < -0.3 is 5.73 Å². The van der Waals surface area contributed by atoms with Gasteiger partial charge in [-0.05, 0) is 36.6 Å². The van der Waals surface area contributed by atoms with E-state index in [1.165, 1.54) is 0 Å². The van der Waals surface area contributed by atoms with Crippen LogP contribution in [0.2, 0.25) is 0 Å². The van der Waals surface area contributed by atoms with Crippen molar-refractivity contribution in [2.45, 2.75) is 18.9 Å². The molecule has 1 atom stereocenters.